The average Bonchev–Trinajstić information content (AvgIpc) is 2.26. The fraction of sp³-hybridized carbons (Fsp3) is 0.692. The van der Waals surface area contributed by atoms with Crippen LogP contribution in [0.15, 0.2) is 6.07 Å². The van der Waals surface area contributed by atoms with E-state index in [1.54, 1.807) is 6.07 Å². The van der Waals surface area contributed by atoms with Crippen LogP contribution in [-0.4, -0.2) is 28.0 Å². The summed E-state index contributed by atoms with van der Waals surface area (Å²) in [7, 11) is 0. The van der Waals surface area contributed by atoms with Crippen molar-refractivity contribution in [3.8, 4) is 0 Å². The molecular formula is C13H24N4S. The first kappa shape index (κ1) is 15.1. The van der Waals surface area contributed by atoms with Crippen molar-refractivity contribution in [1.82, 2.24) is 9.97 Å². The number of nitrogen functional groups attached to an aromatic ring is 1. The molecule has 1 aromatic rings. The van der Waals surface area contributed by atoms with Gasteiger partial charge in [-0.3, -0.25) is 0 Å². The predicted molar refractivity (Wildman–Crippen MR) is 81.2 cm³/mol. The van der Waals surface area contributed by atoms with Gasteiger partial charge in [-0.25, -0.2) is 9.97 Å². The highest BCUT2D eigenvalue weighted by Gasteiger charge is 2.19. The van der Waals surface area contributed by atoms with Crippen molar-refractivity contribution in [1.29, 1.82) is 0 Å². The Balaban J connectivity index is 2.92. The third-order valence-corrected chi connectivity index (χ3v) is 3.37. The highest BCUT2D eigenvalue weighted by molar-refractivity contribution is 7.98. The standard InChI is InChI=1S/C13H24N4S/c1-6-9(8-18-5)15-11-7-10(14)16-12(17-11)13(2,3)4/h7,9H,6,8H2,1-5H3,(H3,14,15,16,17). The fourth-order valence-corrected chi connectivity index (χ4v) is 2.27. The highest BCUT2D eigenvalue weighted by atomic mass is 32.2. The summed E-state index contributed by atoms with van der Waals surface area (Å²) in [5, 5.41) is 3.43. The topological polar surface area (TPSA) is 63.8 Å². The Morgan fingerprint density at radius 2 is 2.06 bits per heavy atom. The molecule has 102 valence electrons. The summed E-state index contributed by atoms with van der Waals surface area (Å²) in [5.41, 5.74) is 5.76. The molecule has 0 aliphatic carbocycles. The summed E-state index contributed by atoms with van der Waals surface area (Å²) in [6.45, 7) is 8.43. The summed E-state index contributed by atoms with van der Waals surface area (Å²) >= 11 is 1.83. The minimum Gasteiger partial charge on any atom is -0.384 e. The third kappa shape index (κ3) is 4.37. The maximum absolute atomic E-state index is 5.85. The lowest BCUT2D eigenvalue weighted by atomic mass is 9.96. The number of nitrogens with zero attached hydrogens (tertiary/aromatic N) is 2. The van der Waals surface area contributed by atoms with Gasteiger partial charge in [-0.05, 0) is 12.7 Å². The predicted octanol–water partition coefficient (Wildman–Crippen LogP) is 2.91. The summed E-state index contributed by atoms with van der Waals surface area (Å²) in [5.74, 6) is 3.19. The number of aromatic nitrogens is 2. The van der Waals surface area contributed by atoms with E-state index in [4.69, 9.17) is 5.73 Å². The maximum atomic E-state index is 5.85. The van der Waals surface area contributed by atoms with Crippen molar-refractivity contribution in [2.24, 2.45) is 0 Å². The molecule has 0 fully saturated rings. The molecule has 0 aliphatic heterocycles. The van der Waals surface area contributed by atoms with Gasteiger partial charge in [-0.15, -0.1) is 0 Å². The van der Waals surface area contributed by atoms with Gasteiger partial charge in [0, 0.05) is 23.3 Å². The second-order valence-corrected chi connectivity index (χ2v) is 6.37. The zero-order valence-corrected chi connectivity index (χ0v) is 12.8. The van der Waals surface area contributed by atoms with E-state index in [1.165, 1.54) is 0 Å². The summed E-state index contributed by atoms with van der Waals surface area (Å²) in [4.78, 5) is 8.87. The first-order valence-electron chi connectivity index (χ1n) is 6.27. The van der Waals surface area contributed by atoms with Gasteiger partial charge < -0.3 is 11.1 Å². The SMILES string of the molecule is CCC(CSC)Nc1cc(N)nc(C(C)(C)C)n1. The number of nitrogens with two attached hydrogens (primary N) is 1. The molecule has 0 amide bonds. The molecule has 0 spiro atoms. The molecule has 1 unspecified atom stereocenters. The van der Waals surface area contributed by atoms with E-state index in [1.807, 2.05) is 11.8 Å². The van der Waals surface area contributed by atoms with Crippen molar-refractivity contribution in [3.63, 3.8) is 0 Å². The normalized spacial score (nSPS) is 13.4. The summed E-state index contributed by atoms with van der Waals surface area (Å²) in [6, 6.07) is 2.22. The molecule has 0 bridgehead atoms. The first-order valence-corrected chi connectivity index (χ1v) is 7.66. The van der Waals surface area contributed by atoms with Crippen LogP contribution in [0.5, 0.6) is 0 Å². The van der Waals surface area contributed by atoms with Crippen LogP contribution >= 0.6 is 11.8 Å². The number of hydrogen-bond acceptors (Lipinski definition) is 5. The Labute approximate surface area is 114 Å². The van der Waals surface area contributed by atoms with Gasteiger partial charge in [-0.1, -0.05) is 27.7 Å². The van der Waals surface area contributed by atoms with Gasteiger partial charge >= 0.3 is 0 Å². The van der Waals surface area contributed by atoms with Crippen molar-refractivity contribution < 1.29 is 0 Å². The summed E-state index contributed by atoms with van der Waals surface area (Å²) < 4.78 is 0. The molecule has 0 radical (unpaired) electrons. The summed E-state index contributed by atoms with van der Waals surface area (Å²) in [6.07, 6.45) is 3.18. The number of rotatable bonds is 5. The Hall–Kier alpha value is -0.970. The van der Waals surface area contributed by atoms with Gasteiger partial charge in [0.05, 0.1) is 0 Å². The molecule has 1 atom stereocenters. The van der Waals surface area contributed by atoms with Crippen molar-refractivity contribution in [3.05, 3.63) is 11.9 Å². The first-order chi connectivity index (χ1) is 8.36. The molecule has 0 saturated heterocycles. The van der Waals surface area contributed by atoms with E-state index in [9.17, 15) is 0 Å². The molecule has 3 N–H and O–H groups in total. The second-order valence-electron chi connectivity index (χ2n) is 5.46. The monoisotopic (exact) mass is 268 g/mol. The molecular weight excluding hydrogens is 244 g/mol. The Morgan fingerprint density at radius 1 is 1.39 bits per heavy atom. The Bertz CT molecular complexity index is 387. The smallest absolute Gasteiger partial charge is 0.138 e. The lowest BCUT2D eigenvalue weighted by Gasteiger charge is -2.20. The van der Waals surface area contributed by atoms with Crippen molar-refractivity contribution >= 4 is 23.4 Å². The molecule has 0 aliphatic rings. The van der Waals surface area contributed by atoms with E-state index in [-0.39, 0.29) is 5.41 Å². The molecule has 1 heterocycles. The number of anilines is 2. The highest BCUT2D eigenvalue weighted by Crippen LogP contribution is 2.22. The van der Waals surface area contributed by atoms with Gasteiger partial charge in [0.25, 0.3) is 0 Å². The molecule has 0 saturated carbocycles. The Morgan fingerprint density at radius 3 is 2.56 bits per heavy atom. The Kier molecular flexibility index (Phi) is 5.26. The zero-order valence-electron chi connectivity index (χ0n) is 11.9. The average molecular weight is 268 g/mol. The molecule has 1 rings (SSSR count). The lowest BCUT2D eigenvalue weighted by Crippen LogP contribution is -2.24. The molecule has 5 heteroatoms. The van der Waals surface area contributed by atoms with Crippen LogP contribution in [0.1, 0.15) is 39.9 Å². The number of nitrogens with one attached hydrogen (secondary N) is 1. The van der Waals surface area contributed by atoms with E-state index < -0.39 is 0 Å². The lowest BCUT2D eigenvalue weighted by molar-refractivity contribution is 0.546. The van der Waals surface area contributed by atoms with Crippen LogP contribution < -0.4 is 11.1 Å². The molecule has 4 nitrogen and oxygen atoms in total. The van der Waals surface area contributed by atoms with Crippen LogP contribution in [0, 0.1) is 0 Å². The van der Waals surface area contributed by atoms with Crippen molar-refractivity contribution in [2.75, 3.05) is 23.1 Å². The maximum Gasteiger partial charge on any atom is 0.138 e. The van der Waals surface area contributed by atoms with E-state index in [2.05, 4.69) is 49.2 Å². The molecule has 1 aromatic heterocycles. The van der Waals surface area contributed by atoms with Gasteiger partial charge in [0.15, 0.2) is 0 Å². The van der Waals surface area contributed by atoms with Crippen LogP contribution in [-0.2, 0) is 5.41 Å². The molecule has 18 heavy (non-hydrogen) atoms. The second kappa shape index (κ2) is 6.27. The van der Waals surface area contributed by atoms with Gasteiger partial charge in [0.1, 0.15) is 17.5 Å². The minimum atomic E-state index is -0.0903. The number of hydrogen-bond donors (Lipinski definition) is 2. The van der Waals surface area contributed by atoms with Gasteiger partial charge in [-0.2, -0.15) is 11.8 Å². The van der Waals surface area contributed by atoms with Crippen LogP contribution in [0.3, 0.4) is 0 Å². The number of thioether (sulfide) groups is 1. The van der Waals surface area contributed by atoms with E-state index >= 15 is 0 Å². The van der Waals surface area contributed by atoms with Gasteiger partial charge in [0.2, 0.25) is 0 Å². The van der Waals surface area contributed by atoms with Crippen LogP contribution in [0.4, 0.5) is 11.6 Å². The molecule has 0 aromatic carbocycles. The largest absolute Gasteiger partial charge is 0.384 e. The third-order valence-electron chi connectivity index (χ3n) is 2.63. The zero-order chi connectivity index (χ0) is 13.8. The minimum absolute atomic E-state index is 0.0903. The quantitative estimate of drug-likeness (QED) is 0.859. The van der Waals surface area contributed by atoms with Crippen LogP contribution in [0.2, 0.25) is 0 Å². The van der Waals surface area contributed by atoms with E-state index in [0.717, 1.165) is 23.8 Å². The van der Waals surface area contributed by atoms with Crippen LogP contribution in [0.25, 0.3) is 0 Å². The van der Waals surface area contributed by atoms with E-state index in [0.29, 0.717) is 11.9 Å². The fourth-order valence-electron chi connectivity index (χ4n) is 1.55. The van der Waals surface area contributed by atoms with Crippen molar-refractivity contribution in [2.45, 2.75) is 45.6 Å².